The van der Waals surface area contributed by atoms with E-state index in [0.717, 1.165) is 23.5 Å². The number of thiophene rings is 1. The van der Waals surface area contributed by atoms with Crippen molar-refractivity contribution in [2.24, 2.45) is 0 Å². The average molecular weight is 379 g/mol. The van der Waals surface area contributed by atoms with E-state index in [0.29, 0.717) is 10.2 Å². The van der Waals surface area contributed by atoms with E-state index in [2.05, 4.69) is 26.6 Å². The molecule has 0 unspecified atom stereocenters. The molecule has 2 aromatic heterocycles. The Hall–Kier alpha value is -1.83. The molecule has 2 heterocycles. The average Bonchev–Trinajstić information content (AvgIpc) is 3.21. The number of H-pyrrole nitrogens is 1. The van der Waals surface area contributed by atoms with E-state index in [1.807, 2.05) is 24.4 Å². The van der Waals surface area contributed by atoms with Crippen LogP contribution >= 0.6 is 34.7 Å². The lowest BCUT2D eigenvalue weighted by molar-refractivity contribution is -0.113. The number of rotatable bonds is 6. The van der Waals surface area contributed by atoms with Gasteiger partial charge in [-0.15, -0.1) is 16.4 Å². The molecule has 0 fully saturated rings. The topological polar surface area (TPSA) is 70.7 Å². The van der Waals surface area contributed by atoms with Crippen LogP contribution < -0.4 is 5.32 Å². The number of nitrogens with zero attached hydrogens (tertiary/aromatic N) is 2. The number of carbonyl (C=O) groups is 1. The summed E-state index contributed by atoms with van der Waals surface area (Å²) in [6, 6.07) is 9.47. The fourth-order valence-corrected chi connectivity index (χ4v) is 3.54. The molecule has 124 valence electrons. The largest absolute Gasteiger partial charge is 0.325 e. The number of aromatic amines is 1. The number of aryl methyl sites for hydroxylation is 1. The summed E-state index contributed by atoms with van der Waals surface area (Å²) in [5.74, 6) is 0.920. The molecule has 0 saturated heterocycles. The summed E-state index contributed by atoms with van der Waals surface area (Å²) in [6.07, 6.45) is 0.721. The Morgan fingerprint density at radius 1 is 1.42 bits per heavy atom. The van der Waals surface area contributed by atoms with Crippen molar-refractivity contribution in [3.8, 4) is 0 Å². The first-order valence-corrected chi connectivity index (χ1v) is 9.47. The quantitative estimate of drug-likeness (QED) is 0.632. The Balaban J connectivity index is 1.53. The van der Waals surface area contributed by atoms with Gasteiger partial charge in [0.2, 0.25) is 11.1 Å². The minimum Gasteiger partial charge on any atom is -0.325 e. The summed E-state index contributed by atoms with van der Waals surface area (Å²) in [5, 5.41) is 13.1. The van der Waals surface area contributed by atoms with Crippen LogP contribution in [0.3, 0.4) is 0 Å². The lowest BCUT2D eigenvalue weighted by Gasteiger charge is -2.07. The minimum absolute atomic E-state index is 0.116. The lowest BCUT2D eigenvalue weighted by atomic mass is 10.2. The zero-order valence-electron chi connectivity index (χ0n) is 12.9. The van der Waals surface area contributed by atoms with Crippen molar-refractivity contribution in [2.45, 2.75) is 18.5 Å². The third kappa shape index (κ3) is 4.59. The summed E-state index contributed by atoms with van der Waals surface area (Å²) in [7, 11) is 0. The molecule has 0 atom stereocenters. The molecule has 0 aliphatic carbocycles. The Labute approximate surface area is 152 Å². The zero-order valence-corrected chi connectivity index (χ0v) is 15.3. The van der Waals surface area contributed by atoms with E-state index >= 15 is 0 Å². The second-order valence-corrected chi connectivity index (χ2v) is 7.53. The maximum absolute atomic E-state index is 12.1. The fourth-order valence-electron chi connectivity index (χ4n) is 2.04. The SMILES string of the molecule is Cc1ccc(Cl)cc1NC(=O)CSc1n[nH]c(Cc2cccs2)n1. The van der Waals surface area contributed by atoms with E-state index in [1.165, 1.54) is 16.6 Å². The third-order valence-corrected chi connectivity index (χ3v) is 5.20. The van der Waals surface area contributed by atoms with Gasteiger partial charge in [0.1, 0.15) is 5.82 Å². The summed E-state index contributed by atoms with van der Waals surface area (Å²) in [4.78, 5) is 17.7. The van der Waals surface area contributed by atoms with Gasteiger partial charge in [-0.3, -0.25) is 9.89 Å². The first-order valence-electron chi connectivity index (χ1n) is 7.22. The van der Waals surface area contributed by atoms with Crippen molar-refractivity contribution >= 4 is 46.3 Å². The summed E-state index contributed by atoms with van der Waals surface area (Å²) in [6.45, 7) is 1.92. The summed E-state index contributed by atoms with van der Waals surface area (Å²) in [5.41, 5.74) is 1.69. The van der Waals surface area contributed by atoms with Crippen molar-refractivity contribution in [2.75, 3.05) is 11.1 Å². The van der Waals surface area contributed by atoms with E-state index in [1.54, 1.807) is 23.5 Å². The number of hydrogen-bond donors (Lipinski definition) is 2. The van der Waals surface area contributed by atoms with Gasteiger partial charge in [-0.2, -0.15) is 0 Å². The predicted molar refractivity (Wildman–Crippen MR) is 99.1 cm³/mol. The van der Waals surface area contributed by atoms with Crippen LogP contribution in [0.4, 0.5) is 5.69 Å². The van der Waals surface area contributed by atoms with Gasteiger partial charge in [0.05, 0.1) is 5.75 Å². The molecule has 8 heteroatoms. The first-order chi connectivity index (χ1) is 11.6. The van der Waals surface area contributed by atoms with Crippen LogP contribution in [0.1, 0.15) is 16.3 Å². The second kappa shape index (κ2) is 7.83. The summed E-state index contributed by atoms with van der Waals surface area (Å²) >= 11 is 8.93. The zero-order chi connectivity index (χ0) is 16.9. The number of anilines is 1. The molecule has 3 aromatic rings. The van der Waals surface area contributed by atoms with Gasteiger partial charge in [0.15, 0.2) is 0 Å². The minimum atomic E-state index is -0.116. The highest BCUT2D eigenvalue weighted by Crippen LogP contribution is 2.21. The van der Waals surface area contributed by atoms with Crippen LogP contribution in [0.5, 0.6) is 0 Å². The molecule has 0 saturated carbocycles. The first kappa shape index (κ1) is 17.0. The summed E-state index contributed by atoms with van der Waals surface area (Å²) < 4.78 is 0. The smallest absolute Gasteiger partial charge is 0.234 e. The standard InChI is InChI=1S/C16H15ClN4OS2/c1-10-4-5-11(17)7-13(10)18-15(22)9-24-16-19-14(20-21-16)8-12-3-2-6-23-12/h2-7H,8-9H2,1H3,(H,18,22)(H,19,20,21). The highest BCUT2D eigenvalue weighted by atomic mass is 35.5. The van der Waals surface area contributed by atoms with E-state index < -0.39 is 0 Å². The Kier molecular flexibility index (Phi) is 5.55. The normalized spacial score (nSPS) is 10.8. The number of nitrogens with one attached hydrogen (secondary N) is 2. The Bertz CT molecular complexity index is 832. The molecule has 1 amide bonds. The van der Waals surface area contributed by atoms with Crippen LogP contribution in [0.15, 0.2) is 40.9 Å². The van der Waals surface area contributed by atoms with E-state index in [-0.39, 0.29) is 11.7 Å². The van der Waals surface area contributed by atoms with Gasteiger partial charge in [0.25, 0.3) is 0 Å². The van der Waals surface area contributed by atoms with Crippen LogP contribution in [-0.4, -0.2) is 26.8 Å². The molecule has 0 aliphatic rings. The maximum Gasteiger partial charge on any atom is 0.234 e. The Morgan fingerprint density at radius 3 is 3.08 bits per heavy atom. The molecule has 24 heavy (non-hydrogen) atoms. The van der Waals surface area contributed by atoms with Crippen LogP contribution in [0.25, 0.3) is 0 Å². The number of aromatic nitrogens is 3. The molecule has 2 N–H and O–H groups in total. The van der Waals surface area contributed by atoms with Crippen LogP contribution in [-0.2, 0) is 11.2 Å². The number of hydrogen-bond acceptors (Lipinski definition) is 5. The number of amides is 1. The van der Waals surface area contributed by atoms with Gasteiger partial charge < -0.3 is 5.32 Å². The van der Waals surface area contributed by atoms with Gasteiger partial charge in [-0.25, -0.2) is 4.98 Å². The second-order valence-electron chi connectivity index (χ2n) is 5.12. The molecule has 0 radical (unpaired) electrons. The van der Waals surface area contributed by atoms with E-state index in [9.17, 15) is 4.79 Å². The van der Waals surface area contributed by atoms with Crippen molar-refractivity contribution in [1.29, 1.82) is 0 Å². The molecule has 0 aliphatic heterocycles. The maximum atomic E-state index is 12.1. The third-order valence-electron chi connectivity index (χ3n) is 3.24. The highest BCUT2D eigenvalue weighted by molar-refractivity contribution is 7.99. The fraction of sp³-hybridized carbons (Fsp3) is 0.188. The van der Waals surface area contributed by atoms with Crippen LogP contribution in [0.2, 0.25) is 5.02 Å². The highest BCUT2D eigenvalue weighted by Gasteiger charge is 2.10. The predicted octanol–water partition coefficient (Wildman–Crippen LogP) is 4.15. The van der Waals surface area contributed by atoms with Gasteiger partial charge in [0, 0.05) is 22.0 Å². The van der Waals surface area contributed by atoms with Crippen molar-refractivity contribution in [1.82, 2.24) is 15.2 Å². The van der Waals surface area contributed by atoms with E-state index in [4.69, 9.17) is 11.6 Å². The lowest BCUT2D eigenvalue weighted by Crippen LogP contribution is -2.14. The van der Waals surface area contributed by atoms with Crippen LogP contribution in [0, 0.1) is 6.92 Å². The van der Waals surface area contributed by atoms with Gasteiger partial charge in [-0.1, -0.05) is 35.5 Å². The van der Waals surface area contributed by atoms with Crippen molar-refractivity contribution in [3.05, 3.63) is 57.0 Å². The Morgan fingerprint density at radius 2 is 2.29 bits per heavy atom. The number of halogens is 1. The molecule has 0 spiro atoms. The monoisotopic (exact) mass is 378 g/mol. The molecule has 0 bridgehead atoms. The van der Waals surface area contributed by atoms with Crippen molar-refractivity contribution < 1.29 is 4.79 Å². The molecular formula is C16H15ClN4OS2. The molecule has 3 rings (SSSR count). The number of carbonyl (C=O) groups excluding carboxylic acids is 1. The molecule has 1 aromatic carbocycles. The van der Waals surface area contributed by atoms with Gasteiger partial charge in [-0.05, 0) is 36.1 Å². The number of benzene rings is 1. The van der Waals surface area contributed by atoms with Crippen molar-refractivity contribution in [3.63, 3.8) is 0 Å². The molecule has 5 nitrogen and oxygen atoms in total. The number of thioether (sulfide) groups is 1. The van der Waals surface area contributed by atoms with Gasteiger partial charge >= 0.3 is 0 Å². The molecular weight excluding hydrogens is 364 g/mol.